The summed E-state index contributed by atoms with van der Waals surface area (Å²) in [5, 5.41) is 2.34. The summed E-state index contributed by atoms with van der Waals surface area (Å²) in [4.78, 5) is 0. The Hall–Kier alpha value is -1.70. The third kappa shape index (κ3) is 3.16. The maximum Gasteiger partial charge on any atom is 0.120 e. The molecule has 2 rings (SSSR count). The van der Waals surface area contributed by atoms with Crippen LogP contribution in [0, 0.1) is 0 Å². The van der Waals surface area contributed by atoms with Gasteiger partial charge in [0.15, 0.2) is 0 Å². The number of ether oxygens (including phenoxy) is 2. The first kappa shape index (κ1) is 12.7. The van der Waals surface area contributed by atoms with E-state index >= 15 is 0 Å². The summed E-state index contributed by atoms with van der Waals surface area (Å²) in [6.45, 7) is 8.13. The average molecular weight is 244 g/mol. The van der Waals surface area contributed by atoms with Gasteiger partial charge < -0.3 is 9.47 Å². The molecular formula is C16H20O2. The topological polar surface area (TPSA) is 18.5 Å². The lowest BCUT2D eigenvalue weighted by Gasteiger charge is -2.12. The maximum atomic E-state index is 5.69. The molecule has 0 aliphatic carbocycles. The lowest BCUT2D eigenvalue weighted by molar-refractivity contribution is 0.242. The number of hydrogen-bond acceptors (Lipinski definition) is 2. The molecule has 0 bridgehead atoms. The van der Waals surface area contributed by atoms with Crippen molar-refractivity contribution in [3.8, 4) is 11.5 Å². The smallest absolute Gasteiger partial charge is 0.120 e. The molecule has 0 aliphatic rings. The fourth-order valence-corrected chi connectivity index (χ4v) is 1.89. The molecule has 0 saturated carbocycles. The Labute approximate surface area is 109 Å². The van der Waals surface area contributed by atoms with Crippen molar-refractivity contribution < 1.29 is 9.47 Å². The molecule has 18 heavy (non-hydrogen) atoms. The van der Waals surface area contributed by atoms with Crippen molar-refractivity contribution in [1.29, 1.82) is 0 Å². The fraction of sp³-hybridized carbons (Fsp3) is 0.375. The molecule has 0 spiro atoms. The van der Waals surface area contributed by atoms with Gasteiger partial charge in [0.05, 0.1) is 12.2 Å². The maximum absolute atomic E-state index is 5.69. The largest absolute Gasteiger partial charge is 0.491 e. The Morgan fingerprint density at radius 1 is 0.667 bits per heavy atom. The lowest BCUT2D eigenvalue weighted by Crippen LogP contribution is -2.05. The minimum atomic E-state index is 0.200. The van der Waals surface area contributed by atoms with E-state index in [-0.39, 0.29) is 12.2 Å². The van der Waals surface area contributed by atoms with Crippen LogP contribution in [0.25, 0.3) is 10.8 Å². The SMILES string of the molecule is CC(C)Oc1ccc2cc(OC(C)C)ccc2c1. The fourth-order valence-electron chi connectivity index (χ4n) is 1.89. The van der Waals surface area contributed by atoms with E-state index in [0.717, 1.165) is 11.5 Å². The molecule has 0 fully saturated rings. The van der Waals surface area contributed by atoms with Crippen LogP contribution < -0.4 is 9.47 Å². The number of fused-ring (bicyclic) bond motifs is 1. The van der Waals surface area contributed by atoms with Crippen LogP contribution in [-0.2, 0) is 0 Å². The molecular weight excluding hydrogens is 224 g/mol. The summed E-state index contributed by atoms with van der Waals surface area (Å²) in [6, 6.07) is 12.3. The lowest BCUT2D eigenvalue weighted by atomic mass is 10.1. The molecule has 0 amide bonds. The van der Waals surface area contributed by atoms with Gasteiger partial charge in [0.1, 0.15) is 11.5 Å². The summed E-state index contributed by atoms with van der Waals surface area (Å²) in [5.41, 5.74) is 0. The van der Waals surface area contributed by atoms with E-state index in [1.807, 2.05) is 39.8 Å². The van der Waals surface area contributed by atoms with Crippen molar-refractivity contribution in [2.45, 2.75) is 39.9 Å². The number of hydrogen-bond donors (Lipinski definition) is 0. The Morgan fingerprint density at radius 2 is 1.06 bits per heavy atom. The Morgan fingerprint density at radius 3 is 1.39 bits per heavy atom. The molecule has 0 atom stereocenters. The van der Waals surface area contributed by atoms with Gasteiger partial charge in [0.25, 0.3) is 0 Å². The molecule has 2 nitrogen and oxygen atoms in total. The Balaban J connectivity index is 2.30. The summed E-state index contributed by atoms with van der Waals surface area (Å²) in [7, 11) is 0. The predicted molar refractivity (Wildman–Crippen MR) is 75.5 cm³/mol. The van der Waals surface area contributed by atoms with Gasteiger partial charge in [0.2, 0.25) is 0 Å². The zero-order valence-electron chi connectivity index (χ0n) is 11.4. The van der Waals surface area contributed by atoms with Gasteiger partial charge in [-0.25, -0.2) is 0 Å². The van der Waals surface area contributed by atoms with Gasteiger partial charge in [-0.05, 0) is 62.7 Å². The van der Waals surface area contributed by atoms with Gasteiger partial charge in [0, 0.05) is 0 Å². The van der Waals surface area contributed by atoms with Gasteiger partial charge in [-0.15, -0.1) is 0 Å². The van der Waals surface area contributed by atoms with Crippen molar-refractivity contribution in [3.05, 3.63) is 36.4 Å². The zero-order valence-corrected chi connectivity index (χ0v) is 11.4. The third-order valence-corrected chi connectivity index (χ3v) is 2.53. The summed E-state index contributed by atoms with van der Waals surface area (Å²) < 4.78 is 11.4. The van der Waals surface area contributed by atoms with Crippen molar-refractivity contribution in [1.82, 2.24) is 0 Å². The molecule has 96 valence electrons. The van der Waals surface area contributed by atoms with Crippen LogP contribution in [-0.4, -0.2) is 12.2 Å². The molecule has 2 aromatic rings. The average Bonchev–Trinajstić information content (AvgIpc) is 2.27. The molecule has 0 unspecified atom stereocenters. The van der Waals surface area contributed by atoms with Crippen LogP contribution >= 0.6 is 0 Å². The van der Waals surface area contributed by atoms with Crippen molar-refractivity contribution in [3.63, 3.8) is 0 Å². The zero-order chi connectivity index (χ0) is 13.1. The second-order valence-corrected chi connectivity index (χ2v) is 5.00. The second kappa shape index (κ2) is 5.30. The van der Waals surface area contributed by atoms with Crippen LogP contribution in [0.2, 0.25) is 0 Å². The molecule has 2 aromatic carbocycles. The number of benzene rings is 2. The Bertz CT molecular complexity index is 480. The predicted octanol–water partition coefficient (Wildman–Crippen LogP) is 4.41. The van der Waals surface area contributed by atoms with Crippen molar-refractivity contribution in [2.24, 2.45) is 0 Å². The first-order valence-electron chi connectivity index (χ1n) is 6.42. The van der Waals surface area contributed by atoms with Crippen molar-refractivity contribution in [2.75, 3.05) is 0 Å². The number of rotatable bonds is 4. The standard InChI is InChI=1S/C16H20O2/c1-11(2)17-15-7-5-14-10-16(18-12(3)4)8-6-13(14)9-15/h5-12H,1-4H3. The second-order valence-electron chi connectivity index (χ2n) is 5.00. The molecule has 2 heteroatoms. The summed E-state index contributed by atoms with van der Waals surface area (Å²) >= 11 is 0. The van der Waals surface area contributed by atoms with Crippen LogP contribution in [0.5, 0.6) is 11.5 Å². The van der Waals surface area contributed by atoms with Gasteiger partial charge in [-0.1, -0.05) is 12.1 Å². The third-order valence-electron chi connectivity index (χ3n) is 2.53. The molecule has 0 N–H and O–H groups in total. The highest BCUT2D eigenvalue weighted by molar-refractivity contribution is 5.85. The normalized spacial score (nSPS) is 11.2. The van der Waals surface area contributed by atoms with Crippen molar-refractivity contribution >= 4 is 10.8 Å². The van der Waals surface area contributed by atoms with Gasteiger partial charge in [-0.2, -0.15) is 0 Å². The molecule has 0 radical (unpaired) electrons. The molecule has 0 aliphatic heterocycles. The van der Waals surface area contributed by atoms with E-state index in [9.17, 15) is 0 Å². The first-order valence-corrected chi connectivity index (χ1v) is 6.42. The Kier molecular flexibility index (Phi) is 3.75. The van der Waals surface area contributed by atoms with Crippen LogP contribution in [0.15, 0.2) is 36.4 Å². The van der Waals surface area contributed by atoms with Crippen LogP contribution in [0.1, 0.15) is 27.7 Å². The first-order chi connectivity index (χ1) is 8.54. The van der Waals surface area contributed by atoms with Crippen LogP contribution in [0.3, 0.4) is 0 Å². The molecule has 0 aromatic heterocycles. The van der Waals surface area contributed by atoms with E-state index < -0.39 is 0 Å². The van der Waals surface area contributed by atoms with E-state index in [4.69, 9.17) is 9.47 Å². The van der Waals surface area contributed by atoms with Crippen LogP contribution in [0.4, 0.5) is 0 Å². The summed E-state index contributed by atoms with van der Waals surface area (Å²) in [6.07, 6.45) is 0.400. The highest BCUT2D eigenvalue weighted by atomic mass is 16.5. The minimum Gasteiger partial charge on any atom is -0.491 e. The monoisotopic (exact) mass is 244 g/mol. The highest BCUT2D eigenvalue weighted by Crippen LogP contribution is 2.25. The quantitative estimate of drug-likeness (QED) is 0.793. The molecule has 0 heterocycles. The van der Waals surface area contributed by atoms with Gasteiger partial charge >= 0.3 is 0 Å². The van der Waals surface area contributed by atoms with E-state index in [1.165, 1.54) is 10.8 Å². The summed E-state index contributed by atoms with van der Waals surface area (Å²) in [5.74, 6) is 1.82. The van der Waals surface area contributed by atoms with E-state index in [2.05, 4.69) is 24.3 Å². The molecule has 0 saturated heterocycles. The highest BCUT2D eigenvalue weighted by Gasteiger charge is 2.02. The van der Waals surface area contributed by atoms with Gasteiger partial charge in [-0.3, -0.25) is 0 Å². The van der Waals surface area contributed by atoms with E-state index in [0.29, 0.717) is 0 Å². The van der Waals surface area contributed by atoms with E-state index in [1.54, 1.807) is 0 Å². The minimum absolute atomic E-state index is 0.200.